The van der Waals surface area contributed by atoms with E-state index in [1.807, 2.05) is 47.5 Å². The van der Waals surface area contributed by atoms with Gasteiger partial charge in [-0.3, -0.25) is 4.68 Å². The molecule has 108 valence electrons. The van der Waals surface area contributed by atoms with Crippen molar-refractivity contribution in [3.05, 3.63) is 51.9 Å². The molecular formula is C15H14BrN3O2. The van der Waals surface area contributed by atoms with Crippen molar-refractivity contribution >= 4 is 32.8 Å². The van der Waals surface area contributed by atoms with E-state index in [4.69, 9.17) is 0 Å². The first-order valence-electron chi connectivity index (χ1n) is 6.48. The van der Waals surface area contributed by atoms with Crippen LogP contribution >= 0.6 is 15.9 Å². The van der Waals surface area contributed by atoms with Crippen molar-refractivity contribution in [1.29, 1.82) is 0 Å². The highest BCUT2D eigenvalue weighted by Crippen LogP contribution is 2.25. The van der Waals surface area contributed by atoms with Gasteiger partial charge < -0.3 is 9.67 Å². The molecule has 0 aliphatic rings. The molecule has 0 atom stereocenters. The number of aromatic carboxylic acids is 1. The molecule has 0 radical (unpaired) electrons. The van der Waals surface area contributed by atoms with Gasteiger partial charge in [0.25, 0.3) is 0 Å². The Hall–Kier alpha value is -2.08. The number of hydrogen-bond acceptors (Lipinski definition) is 2. The number of benzene rings is 1. The smallest absolute Gasteiger partial charge is 0.337 e. The lowest BCUT2D eigenvalue weighted by Gasteiger charge is -2.06. The van der Waals surface area contributed by atoms with Crippen LogP contribution in [0, 0.1) is 6.92 Å². The molecule has 2 aromatic heterocycles. The van der Waals surface area contributed by atoms with Crippen LogP contribution in [0.5, 0.6) is 0 Å². The van der Waals surface area contributed by atoms with Crippen LogP contribution in [0.1, 0.15) is 21.7 Å². The van der Waals surface area contributed by atoms with E-state index in [-0.39, 0.29) is 0 Å². The zero-order valence-electron chi connectivity index (χ0n) is 11.7. The summed E-state index contributed by atoms with van der Waals surface area (Å²) < 4.78 is 4.72. The lowest BCUT2D eigenvalue weighted by atomic mass is 10.2. The number of carboxylic acids is 1. The Labute approximate surface area is 129 Å². The fourth-order valence-electron chi connectivity index (χ4n) is 2.56. The van der Waals surface area contributed by atoms with Crippen molar-refractivity contribution in [3.63, 3.8) is 0 Å². The van der Waals surface area contributed by atoms with Gasteiger partial charge in [0.1, 0.15) is 0 Å². The third-order valence-corrected chi connectivity index (χ3v) is 4.63. The van der Waals surface area contributed by atoms with Crippen LogP contribution in [-0.4, -0.2) is 25.4 Å². The van der Waals surface area contributed by atoms with E-state index in [1.54, 1.807) is 6.20 Å². The van der Waals surface area contributed by atoms with E-state index in [0.29, 0.717) is 12.1 Å². The predicted octanol–water partition coefficient (Wildman–Crippen LogP) is 3.19. The quantitative estimate of drug-likeness (QED) is 0.791. The molecule has 0 fully saturated rings. The zero-order valence-corrected chi connectivity index (χ0v) is 13.3. The largest absolute Gasteiger partial charge is 0.478 e. The van der Waals surface area contributed by atoms with Crippen molar-refractivity contribution in [1.82, 2.24) is 14.3 Å². The van der Waals surface area contributed by atoms with Gasteiger partial charge in [-0.25, -0.2) is 4.79 Å². The van der Waals surface area contributed by atoms with Crippen molar-refractivity contribution in [2.24, 2.45) is 7.05 Å². The third kappa shape index (κ3) is 2.25. The fraction of sp³-hybridized carbons (Fsp3) is 0.200. The number of para-hydroxylation sites is 1. The normalized spacial score (nSPS) is 11.2. The van der Waals surface area contributed by atoms with Crippen molar-refractivity contribution in [2.45, 2.75) is 13.5 Å². The summed E-state index contributed by atoms with van der Waals surface area (Å²) in [7, 11) is 1.89. The van der Waals surface area contributed by atoms with Gasteiger partial charge in [-0.05, 0) is 28.9 Å². The number of halogens is 1. The highest BCUT2D eigenvalue weighted by atomic mass is 79.9. The number of carbonyl (C=O) groups is 1. The maximum atomic E-state index is 11.4. The maximum absolute atomic E-state index is 11.4. The number of aromatic nitrogens is 3. The third-order valence-electron chi connectivity index (χ3n) is 3.60. The number of hydrogen-bond donors (Lipinski definition) is 1. The Morgan fingerprint density at radius 1 is 1.38 bits per heavy atom. The molecule has 21 heavy (non-hydrogen) atoms. The van der Waals surface area contributed by atoms with Crippen molar-refractivity contribution in [2.75, 3.05) is 0 Å². The minimum absolute atomic E-state index is 0.320. The Morgan fingerprint density at radius 3 is 2.71 bits per heavy atom. The molecule has 3 aromatic rings. The minimum atomic E-state index is -0.912. The monoisotopic (exact) mass is 347 g/mol. The molecular weight excluding hydrogens is 334 g/mol. The molecule has 0 saturated heterocycles. The van der Waals surface area contributed by atoms with Crippen molar-refractivity contribution in [3.8, 4) is 0 Å². The lowest BCUT2D eigenvalue weighted by molar-refractivity contribution is 0.0699. The van der Waals surface area contributed by atoms with E-state index < -0.39 is 5.97 Å². The van der Waals surface area contributed by atoms with Gasteiger partial charge in [0.2, 0.25) is 0 Å². The van der Waals surface area contributed by atoms with Crippen LogP contribution in [0.15, 0.2) is 34.9 Å². The summed E-state index contributed by atoms with van der Waals surface area (Å²) in [6, 6.07) is 7.52. The van der Waals surface area contributed by atoms with E-state index in [0.717, 1.165) is 26.8 Å². The lowest BCUT2D eigenvalue weighted by Crippen LogP contribution is -2.05. The van der Waals surface area contributed by atoms with Crippen LogP contribution < -0.4 is 0 Å². The first kappa shape index (κ1) is 13.9. The van der Waals surface area contributed by atoms with Gasteiger partial charge in [-0.2, -0.15) is 5.10 Å². The average molecular weight is 348 g/mol. The number of aryl methyl sites for hydroxylation is 2. The molecule has 1 aromatic carbocycles. The summed E-state index contributed by atoms with van der Waals surface area (Å²) in [5.41, 5.74) is 3.15. The Balaban J connectivity index is 2.15. The molecule has 0 saturated carbocycles. The van der Waals surface area contributed by atoms with E-state index >= 15 is 0 Å². The highest BCUT2D eigenvalue weighted by Gasteiger charge is 2.16. The highest BCUT2D eigenvalue weighted by molar-refractivity contribution is 9.10. The van der Waals surface area contributed by atoms with Crippen LogP contribution in [-0.2, 0) is 13.6 Å². The summed E-state index contributed by atoms with van der Waals surface area (Å²) in [6.45, 7) is 2.50. The minimum Gasteiger partial charge on any atom is -0.478 e. The summed E-state index contributed by atoms with van der Waals surface area (Å²) >= 11 is 3.55. The van der Waals surface area contributed by atoms with Crippen LogP contribution in [0.25, 0.3) is 10.9 Å². The van der Waals surface area contributed by atoms with Gasteiger partial charge in [0, 0.05) is 24.1 Å². The maximum Gasteiger partial charge on any atom is 0.337 e. The Kier molecular flexibility index (Phi) is 3.33. The van der Waals surface area contributed by atoms with E-state index in [2.05, 4.69) is 21.0 Å². The topological polar surface area (TPSA) is 60.0 Å². The Morgan fingerprint density at radius 2 is 2.10 bits per heavy atom. The summed E-state index contributed by atoms with van der Waals surface area (Å²) in [5, 5.41) is 14.5. The number of nitrogens with zero attached hydrogens (tertiary/aromatic N) is 3. The summed E-state index contributed by atoms with van der Waals surface area (Å²) in [4.78, 5) is 11.4. The van der Waals surface area contributed by atoms with Gasteiger partial charge in [-0.15, -0.1) is 0 Å². The van der Waals surface area contributed by atoms with E-state index in [1.165, 1.54) is 0 Å². The Bertz CT molecular complexity index is 848. The van der Waals surface area contributed by atoms with Gasteiger partial charge in [0.15, 0.2) is 0 Å². The molecule has 0 aliphatic heterocycles. The van der Waals surface area contributed by atoms with Crippen LogP contribution in [0.2, 0.25) is 0 Å². The number of rotatable bonds is 3. The average Bonchev–Trinajstić information content (AvgIpc) is 2.93. The molecule has 6 heteroatoms. The molecule has 0 bridgehead atoms. The zero-order chi connectivity index (χ0) is 15.1. The summed E-state index contributed by atoms with van der Waals surface area (Å²) in [5.74, 6) is -0.912. The molecule has 1 N–H and O–H groups in total. The number of fused-ring (bicyclic) bond motifs is 1. The fourth-order valence-corrected chi connectivity index (χ4v) is 3.02. The second kappa shape index (κ2) is 5.04. The van der Waals surface area contributed by atoms with E-state index in [9.17, 15) is 9.90 Å². The van der Waals surface area contributed by atoms with Gasteiger partial charge in [0.05, 0.1) is 28.0 Å². The first-order valence-corrected chi connectivity index (χ1v) is 7.27. The molecule has 2 heterocycles. The molecule has 0 spiro atoms. The van der Waals surface area contributed by atoms with Crippen molar-refractivity contribution < 1.29 is 9.90 Å². The second-order valence-corrected chi connectivity index (χ2v) is 5.76. The molecule has 3 rings (SSSR count). The predicted molar refractivity (Wildman–Crippen MR) is 83.6 cm³/mol. The SMILES string of the molecule is Cc1nn(C)c(Cn2cc(C(=O)O)c3ccccc32)c1Br. The molecule has 0 aliphatic carbocycles. The summed E-state index contributed by atoms with van der Waals surface area (Å²) in [6.07, 6.45) is 1.68. The molecule has 5 nitrogen and oxygen atoms in total. The first-order chi connectivity index (χ1) is 9.99. The second-order valence-electron chi connectivity index (χ2n) is 4.96. The molecule has 0 amide bonds. The number of carboxylic acid groups (broad SMARTS) is 1. The molecule has 0 unspecified atom stereocenters. The van der Waals surface area contributed by atoms with Gasteiger partial charge >= 0.3 is 5.97 Å². The van der Waals surface area contributed by atoms with Crippen LogP contribution in [0.4, 0.5) is 0 Å². The van der Waals surface area contributed by atoms with Gasteiger partial charge in [-0.1, -0.05) is 18.2 Å². The standard InChI is InChI=1S/C15H14BrN3O2/c1-9-14(16)13(18(2)17-9)8-19-7-11(15(20)21)10-5-3-4-6-12(10)19/h3-7H,8H2,1-2H3,(H,20,21). The van der Waals surface area contributed by atoms with Crippen LogP contribution in [0.3, 0.4) is 0 Å².